The van der Waals surface area contributed by atoms with E-state index in [-0.39, 0.29) is 5.78 Å². The Morgan fingerprint density at radius 1 is 1.07 bits per heavy atom. The summed E-state index contributed by atoms with van der Waals surface area (Å²) in [7, 11) is 0. The predicted molar refractivity (Wildman–Crippen MR) is 69.6 cm³/mol. The molecule has 0 fully saturated rings. The molecule has 0 aliphatic carbocycles. The lowest BCUT2D eigenvalue weighted by atomic mass is 10.1. The van der Waals surface area contributed by atoms with Crippen LogP contribution < -0.4 is 0 Å². The Morgan fingerprint density at radius 3 is 2.40 bits per heavy atom. The zero-order chi connectivity index (χ0) is 10.8. The number of carbonyl (C=O) groups is 1. The van der Waals surface area contributed by atoms with Crippen LogP contribution in [-0.2, 0) is 0 Å². The zero-order valence-corrected chi connectivity index (χ0v) is 11.5. The minimum Gasteiger partial charge on any atom is -0.288 e. The first-order chi connectivity index (χ1) is 7.20. The highest BCUT2D eigenvalue weighted by Crippen LogP contribution is 2.28. The number of carbonyl (C=O) groups excluding carboxylic acids is 1. The van der Waals surface area contributed by atoms with Crippen molar-refractivity contribution >= 4 is 49.0 Å². The normalized spacial score (nSPS) is 10.3. The SMILES string of the molecule is O=C(c1ccccc1Br)c1sccc1Br. The Balaban J connectivity index is 2.46. The number of benzene rings is 1. The summed E-state index contributed by atoms with van der Waals surface area (Å²) in [4.78, 5) is 12.8. The molecule has 76 valence electrons. The third-order valence-corrected chi connectivity index (χ3v) is 4.47. The van der Waals surface area contributed by atoms with Crippen LogP contribution in [0.25, 0.3) is 0 Å². The molecule has 0 atom stereocenters. The van der Waals surface area contributed by atoms with E-state index in [1.807, 2.05) is 35.7 Å². The second-order valence-corrected chi connectivity index (χ2v) is 5.53. The molecule has 2 rings (SSSR count). The van der Waals surface area contributed by atoms with Crippen molar-refractivity contribution in [3.05, 3.63) is 55.1 Å². The van der Waals surface area contributed by atoms with Crippen molar-refractivity contribution in [1.82, 2.24) is 0 Å². The van der Waals surface area contributed by atoms with Crippen molar-refractivity contribution in [3.8, 4) is 0 Å². The molecule has 0 radical (unpaired) electrons. The van der Waals surface area contributed by atoms with Gasteiger partial charge in [-0.15, -0.1) is 11.3 Å². The standard InChI is InChI=1S/C11H6Br2OS/c12-8-4-2-1-3-7(8)10(14)11-9(13)5-6-15-11/h1-6H. The summed E-state index contributed by atoms with van der Waals surface area (Å²) < 4.78 is 1.68. The molecule has 4 heteroatoms. The Bertz CT molecular complexity index is 505. The average Bonchev–Trinajstić information content (AvgIpc) is 2.64. The van der Waals surface area contributed by atoms with Crippen LogP contribution in [0, 0.1) is 0 Å². The van der Waals surface area contributed by atoms with Gasteiger partial charge in [0.1, 0.15) is 0 Å². The molecule has 0 aliphatic rings. The van der Waals surface area contributed by atoms with Crippen molar-refractivity contribution < 1.29 is 4.79 Å². The summed E-state index contributed by atoms with van der Waals surface area (Å²) in [6.07, 6.45) is 0. The predicted octanol–water partition coefficient (Wildman–Crippen LogP) is 4.50. The van der Waals surface area contributed by atoms with Gasteiger partial charge in [0.25, 0.3) is 0 Å². The number of rotatable bonds is 2. The second kappa shape index (κ2) is 4.60. The van der Waals surface area contributed by atoms with E-state index in [4.69, 9.17) is 0 Å². The van der Waals surface area contributed by atoms with E-state index in [0.717, 1.165) is 13.8 Å². The molecular weight excluding hydrogens is 340 g/mol. The van der Waals surface area contributed by atoms with Crippen LogP contribution in [0.5, 0.6) is 0 Å². The molecule has 1 aromatic carbocycles. The van der Waals surface area contributed by atoms with E-state index in [9.17, 15) is 4.79 Å². The maximum absolute atomic E-state index is 12.1. The largest absolute Gasteiger partial charge is 0.288 e. The van der Waals surface area contributed by atoms with Crippen LogP contribution in [0.2, 0.25) is 0 Å². The Hall–Kier alpha value is -0.450. The minimum absolute atomic E-state index is 0.0457. The number of hydrogen-bond donors (Lipinski definition) is 0. The highest BCUT2D eigenvalue weighted by molar-refractivity contribution is 9.11. The van der Waals surface area contributed by atoms with Crippen molar-refractivity contribution in [2.24, 2.45) is 0 Å². The molecule has 0 amide bonds. The molecule has 0 bridgehead atoms. The van der Waals surface area contributed by atoms with Crippen LogP contribution >= 0.6 is 43.2 Å². The maximum atomic E-state index is 12.1. The topological polar surface area (TPSA) is 17.1 Å². The summed E-state index contributed by atoms with van der Waals surface area (Å²) >= 11 is 8.18. The minimum atomic E-state index is 0.0457. The van der Waals surface area contributed by atoms with Crippen LogP contribution in [-0.4, -0.2) is 5.78 Å². The van der Waals surface area contributed by atoms with Gasteiger partial charge in [0.2, 0.25) is 5.78 Å². The first-order valence-corrected chi connectivity index (χ1v) is 6.69. The molecule has 0 N–H and O–H groups in total. The Morgan fingerprint density at radius 2 is 1.80 bits per heavy atom. The summed E-state index contributed by atoms with van der Waals surface area (Å²) in [5, 5.41) is 1.90. The highest BCUT2D eigenvalue weighted by Gasteiger charge is 2.15. The lowest BCUT2D eigenvalue weighted by Crippen LogP contribution is -2.00. The van der Waals surface area contributed by atoms with Crippen molar-refractivity contribution in [2.45, 2.75) is 0 Å². The van der Waals surface area contributed by atoms with Crippen LogP contribution in [0.15, 0.2) is 44.7 Å². The summed E-state index contributed by atoms with van der Waals surface area (Å²) in [6, 6.07) is 9.33. The van der Waals surface area contributed by atoms with Crippen molar-refractivity contribution in [1.29, 1.82) is 0 Å². The fourth-order valence-electron chi connectivity index (χ4n) is 1.22. The molecular formula is C11H6Br2OS. The van der Waals surface area contributed by atoms with Gasteiger partial charge in [0.15, 0.2) is 0 Å². The lowest BCUT2D eigenvalue weighted by Gasteiger charge is -2.01. The Kier molecular flexibility index (Phi) is 3.38. The molecule has 1 heterocycles. The van der Waals surface area contributed by atoms with Gasteiger partial charge in [-0.25, -0.2) is 0 Å². The third-order valence-electron chi connectivity index (χ3n) is 1.94. The van der Waals surface area contributed by atoms with Crippen LogP contribution in [0.3, 0.4) is 0 Å². The molecule has 0 spiro atoms. The van der Waals surface area contributed by atoms with Crippen molar-refractivity contribution in [2.75, 3.05) is 0 Å². The maximum Gasteiger partial charge on any atom is 0.205 e. The zero-order valence-electron chi connectivity index (χ0n) is 7.54. The van der Waals surface area contributed by atoms with Gasteiger partial charge in [-0.2, -0.15) is 0 Å². The first kappa shape index (κ1) is 11.0. The fraction of sp³-hybridized carbons (Fsp3) is 0. The molecule has 0 aliphatic heterocycles. The molecule has 1 nitrogen and oxygen atoms in total. The first-order valence-electron chi connectivity index (χ1n) is 4.22. The summed E-state index contributed by atoms with van der Waals surface area (Å²) in [6.45, 7) is 0. The van der Waals surface area contributed by atoms with Crippen LogP contribution in [0.1, 0.15) is 15.2 Å². The monoisotopic (exact) mass is 344 g/mol. The van der Waals surface area contributed by atoms with E-state index in [1.54, 1.807) is 0 Å². The van der Waals surface area contributed by atoms with E-state index in [0.29, 0.717) is 5.56 Å². The molecule has 15 heavy (non-hydrogen) atoms. The van der Waals surface area contributed by atoms with Gasteiger partial charge in [0.05, 0.1) is 4.88 Å². The van der Waals surface area contributed by atoms with E-state index < -0.39 is 0 Å². The van der Waals surface area contributed by atoms with Gasteiger partial charge >= 0.3 is 0 Å². The fourth-order valence-corrected chi connectivity index (χ4v) is 3.19. The third kappa shape index (κ3) is 2.22. The van der Waals surface area contributed by atoms with Crippen LogP contribution in [0.4, 0.5) is 0 Å². The molecule has 0 saturated heterocycles. The number of thiophene rings is 1. The van der Waals surface area contributed by atoms with Gasteiger partial charge in [0, 0.05) is 14.5 Å². The number of hydrogen-bond acceptors (Lipinski definition) is 2. The second-order valence-electron chi connectivity index (χ2n) is 2.91. The molecule has 0 unspecified atom stereocenters. The highest BCUT2D eigenvalue weighted by atomic mass is 79.9. The summed E-state index contributed by atoms with van der Waals surface area (Å²) in [5.74, 6) is 0.0457. The van der Waals surface area contributed by atoms with Gasteiger partial charge in [-0.1, -0.05) is 28.1 Å². The molecule has 1 aromatic heterocycles. The van der Waals surface area contributed by atoms with E-state index >= 15 is 0 Å². The smallest absolute Gasteiger partial charge is 0.205 e. The van der Waals surface area contributed by atoms with E-state index in [2.05, 4.69) is 31.9 Å². The van der Waals surface area contributed by atoms with Gasteiger partial charge in [-0.05, 0) is 39.5 Å². The molecule has 2 aromatic rings. The quantitative estimate of drug-likeness (QED) is 0.732. The Labute approximate surface area is 108 Å². The van der Waals surface area contributed by atoms with Gasteiger partial charge < -0.3 is 0 Å². The molecule has 0 saturated carbocycles. The lowest BCUT2D eigenvalue weighted by molar-refractivity contribution is 0.104. The average molecular weight is 346 g/mol. The number of halogens is 2. The van der Waals surface area contributed by atoms with Crippen molar-refractivity contribution in [3.63, 3.8) is 0 Å². The summed E-state index contributed by atoms with van der Waals surface area (Å²) in [5.41, 5.74) is 0.695. The van der Waals surface area contributed by atoms with E-state index in [1.165, 1.54) is 11.3 Å². The number of ketones is 1. The van der Waals surface area contributed by atoms with Gasteiger partial charge in [-0.3, -0.25) is 4.79 Å².